The summed E-state index contributed by atoms with van der Waals surface area (Å²) < 4.78 is 83.3. The molecule has 9 aromatic carbocycles. The highest BCUT2D eigenvalue weighted by Gasteiger charge is 2.56. The van der Waals surface area contributed by atoms with Gasteiger partial charge in [-0.15, -0.1) is 0 Å². The summed E-state index contributed by atoms with van der Waals surface area (Å²) in [6.07, 6.45) is -8.96. The third-order valence-electron chi connectivity index (χ3n) is 13.6. The second kappa shape index (κ2) is 14.7. The molecule has 3 heterocycles. The van der Waals surface area contributed by atoms with Crippen LogP contribution in [0.3, 0.4) is 0 Å². The molecule has 0 unspecified atom stereocenters. The Balaban J connectivity index is 1.19. The third kappa shape index (κ3) is 5.83. The van der Waals surface area contributed by atoms with E-state index in [0.717, 1.165) is 75.0 Å². The fourth-order valence-electron chi connectivity index (χ4n) is 11.0. The molecule has 12 rings (SSSR count). The fourth-order valence-corrected chi connectivity index (χ4v) is 16.3. The molecule has 0 bridgehead atoms. The monoisotopic (exact) mass is 888 g/mol. The van der Waals surface area contributed by atoms with Crippen LogP contribution in [0.4, 0.5) is 60.5 Å². The Morgan fingerprint density at radius 3 is 1.05 bits per heavy atom. The van der Waals surface area contributed by atoms with Crippen LogP contribution in [-0.2, 0) is 12.4 Å². The van der Waals surface area contributed by atoms with Gasteiger partial charge in [0, 0.05) is 33.9 Å². The molecule has 318 valence electrons. The summed E-state index contributed by atoms with van der Waals surface area (Å²) in [6.45, 7) is -0.217. The molecule has 0 saturated heterocycles. The van der Waals surface area contributed by atoms with E-state index in [1.807, 2.05) is 66.7 Å². The van der Waals surface area contributed by atoms with Crippen molar-refractivity contribution < 1.29 is 26.3 Å². The number of alkyl halides is 6. The molecule has 0 spiro atoms. The summed E-state index contributed by atoms with van der Waals surface area (Å²) in [7, 11) is -3.19. The lowest BCUT2D eigenvalue weighted by Gasteiger charge is -2.51. The zero-order chi connectivity index (χ0) is 45.0. The second-order valence-electron chi connectivity index (χ2n) is 17.0. The van der Waals surface area contributed by atoms with Gasteiger partial charge in [-0.05, 0) is 109 Å². The van der Waals surface area contributed by atoms with E-state index in [1.165, 1.54) is 31.7 Å². The van der Waals surface area contributed by atoms with Gasteiger partial charge < -0.3 is 9.80 Å². The van der Waals surface area contributed by atoms with Crippen molar-refractivity contribution in [1.82, 2.24) is 0 Å². The zero-order valence-corrected chi connectivity index (χ0v) is 35.9. The van der Waals surface area contributed by atoms with Crippen LogP contribution < -0.4 is 46.9 Å². The number of halogens is 6. The first kappa shape index (κ1) is 40.0. The van der Waals surface area contributed by atoms with Gasteiger partial charge >= 0.3 is 12.4 Å². The highest BCUT2D eigenvalue weighted by atomic mass is 28.3. The van der Waals surface area contributed by atoms with Crippen molar-refractivity contribution in [2.45, 2.75) is 12.4 Å². The number of para-hydroxylation sites is 2. The molecule has 0 N–H and O–H groups in total. The Morgan fingerprint density at radius 1 is 0.318 bits per heavy atom. The molecule has 0 aromatic heterocycles. The van der Waals surface area contributed by atoms with Crippen LogP contribution in [0.25, 0.3) is 22.3 Å². The normalized spacial score (nSPS) is 14.2. The van der Waals surface area contributed by atoms with Crippen molar-refractivity contribution in [3.8, 4) is 22.3 Å². The Morgan fingerprint density at radius 2 is 0.652 bits per heavy atom. The van der Waals surface area contributed by atoms with E-state index in [-0.39, 0.29) is 6.71 Å². The number of benzene rings is 9. The molecule has 0 fully saturated rings. The molecule has 0 aliphatic carbocycles. The molecule has 10 heteroatoms. The average Bonchev–Trinajstić information content (AvgIpc) is 3.34. The smallest absolute Gasteiger partial charge is 0.311 e. The van der Waals surface area contributed by atoms with Gasteiger partial charge in [0.1, 0.15) is 0 Å². The summed E-state index contributed by atoms with van der Waals surface area (Å²) in [6, 6.07) is 67.5. The van der Waals surface area contributed by atoms with Crippen LogP contribution in [0, 0.1) is 0 Å². The van der Waals surface area contributed by atoms with Crippen LogP contribution in [0.1, 0.15) is 11.1 Å². The SMILES string of the molecule is FC(F)(F)c1ccc(-c2ccccc2N2c3cccc4c3B3c5c2cccc5[Si](c2ccccc2)(c2ccccc2)c2cccc(c23)N4c2ccccc2-c2ccc(C(F)(F)F)cc2)cc1. The van der Waals surface area contributed by atoms with Crippen LogP contribution in [0.5, 0.6) is 0 Å². The molecular formula is C56H35BF6N2Si. The maximum atomic E-state index is 13.9. The highest BCUT2D eigenvalue weighted by molar-refractivity contribution is 7.27. The van der Waals surface area contributed by atoms with Crippen molar-refractivity contribution in [2.75, 3.05) is 9.80 Å². The number of anilines is 6. The van der Waals surface area contributed by atoms with Gasteiger partial charge in [-0.1, -0.05) is 152 Å². The maximum Gasteiger partial charge on any atom is 0.416 e. The van der Waals surface area contributed by atoms with Crippen molar-refractivity contribution in [3.63, 3.8) is 0 Å². The Labute approximate surface area is 378 Å². The fraction of sp³-hybridized carbons (Fsp3) is 0.0357. The number of hydrogen-bond acceptors (Lipinski definition) is 2. The predicted octanol–water partition coefficient (Wildman–Crippen LogP) is 10.8. The van der Waals surface area contributed by atoms with E-state index in [9.17, 15) is 26.3 Å². The number of nitrogens with zero attached hydrogens (tertiary/aromatic N) is 2. The largest absolute Gasteiger partial charge is 0.416 e. The van der Waals surface area contributed by atoms with Gasteiger partial charge in [0.05, 0.1) is 22.5 Å². The molecule has 0 amide bonds. The minimum Gasteiger partial charge on any atom is -0.311 e. The summed E-state index contributed by atoms with van der Waals surface area (Å²) in [5.41, 5.74) is 10.3. The molecule has 3 aliphatic rings. The van der Waals surface area contributed by atoms with Gasteiger partial charge in [-0.25, -0.2) is 0 Å². The molecule has 0 saturated carbocycles. The van der Waals surface area contributed by atoms with Gasteiger partial charge in [-0.2, -0.15) is 26.3 Å². The minimum atomic E-state index is -4.48. The predicted molar refractivity (Wildman–Crippen MR) is 259 cm³/mol. The van der Waals surface area contributed by atoms with Gasteiger partial charge in [0.25, 0.3) is 6.71 Å². The molecule has 0 atom stereocenters. The number of hydrogen-bond donors (Lipinski definition) is 0. The zero-order valence-electron chi connectivity index (χ0n) is 34.9. The first-order valence-corrected chi connectivity index (χ1v) is 23.7. The lowest BCUT2D eigenvalue weighted by atomic mass is 9.33. The van der Waals surface area contributed by atoms with E-state index in [4.69, 9.17) is 0 Å². The van der Waals surface area contributed by atoms with Crippen molar-refractivity contribution in [1.29, 1.82) is 0 Å². The van der Waals surface area contributed by atoms with Gasteiger partial charge in [0.15, 0.2) is 8.07 Å². The maximum absolute atomic E-state index is 13.9. The molecule has 2 nitrogen and oxygen atoms in total. The summed E-state index contributed by atoms with van der Waals surface area (Å²) >= 11 is 0. The van der Waals surface area contributed by atoms with E-state index in [1.54, 1.807) is 24.3 Å². The average molecular weight is 889 g/mol. The summed E-state index contributed by atoms with van der Waals surface area (Å²) in [5, 5.41) is 4.94. The second-order valence-corrected chi connectivity index (χ2v) is 20.7. The van der Waals surface area contributed by atoms with Crippen molar-refractivity contribution >= 4 is 86.0 Å². The molecule has 0 radical (unpaired) electrons. The van der Waals surface area contributed by atoms with Crippen molar-refractivity contribution in [3.05, 3.63) is 223 Å². The Hall–Kier alpha value is -7.56. The first-order valence-electron chi connectivity index (χ1n) is 21.7. The van der Waals surface area contributed by atoms with Crippen LogP contribution >= 0.6 is 0 Å². The van der Waals surface area contributed by atoms with Crippen LogP contribution in [0.15, 0.2) is 212 Å². The standard InChI is InChI=1S/C56H35BF6N2Si/c58-55(59,60)38-32-28-36(29-33-38)42-18-7-9-20-44(42)64-46-22-11-23-47-52(46)57-53-48(64)24-12-26-50(53)66(40-14-3-1-4-15-40,41-16-5-2-6-17-41)51-27-13-25-49(54(51)57)65(47)45-21-10-8-19-43(45)37-30-34-39(35-31-37)56(61,62)63/h1-35H. The van der Waals surface area contributed by atoms with Crippen LogP contribution in [-0.4, -0.2) is 14.8 Å². The summed E-state index contributed by atoms with van der Waals surface area (Å²) in [5.74, 6) is 0. The summed E-state index contributed by atoms with van der Waals surface area (Å²) in [4.78, 5) is 4.57. The molecule has 9 aromatic rings. The van der Waals surface area contributed by atoms with Gasteiger partial charge in [-0.3, -0.25) is 0 Å². The van der Waals surface area contributed by atoms with E-state index >= 15 is 0 Å². The Kier molecular flexibility index (Phi) is 8.93. The minimum absolute atomic E-state index is 0.217. The molecule has 66 heavy (non-hydrogen) atoms. The van der Waals surface area contributed by atoms with Crippen molar-refractivity contribution in [2.24, 2.45) is 0 Å². The van der Waals surface area contributed by atoms with Crippen LogP contribution in [0.2, 0.25) is 0 Å². The highest BCUT2D eigenvalue weighted by Crippen LogP contribution is 2.48. The lowest BCUT2D eigenvalue weighted by Crippen LogP contribution is -2.88. The topological polar surface area (TPSA) is 6.48 Å². The lowest BCUT2D eigenvalue weighted by molar-refractivity contribution is -0.138. The molecular weight excluding hydrogens is 854 g/mol. The quantitative estimate of drug-likeness (QED) is 0.121. The van der Waals surface area contributed by atoms with E-state index < -0.39 is 31.6 Å². The van der Waals surface area contributed by atoms with E-state index in [0.29, 0.717) is 11.1 Å². The molecule has 3 aliphatic heterocycles. The first-order chi connectivity index (χ1) is 32.0. The van der Waals surface area contributed by atoms with E-state index in [2.05, 4.69) is 107 Å². The third-order valence-corrected chi connectivity index (χ3v) is 18.5. The number of rotatable bonds is 6. The Bertz CT molecular complexity index is 3140. The van der Waals surface area contributed by atoms with Gasteiger partial charge in [0.2, 0.25) is 0 Å².